The molecule has 1 atom stereocenters. The maximum atomic E-state index is 11.0. The van der Waals surface area contributed by atoms with Gasteiger partial charge in [-0.05, 0) is 0 Å². The van der Waals surface area contributed by atoms with Gasteiger partial charge in [0, 0.05) is 12.2 Å². The number of aliphatic carboxylic acids is 2. The number of carbonyl (C=O) groups excluding carboxylic acids is 3. The van der Waals surface area contributed by atoms with E-state index >= 15 is 0 Å². The van der Waals surface area contributed by atoms with Crippen molar-refractivity contribution in [2.75, 3.05) is 13.9 Å². The molecule has 0 saturated carbocycles. The van der Waals surface area contributed by atoms with Crippen molar-refractivity contribution in [1.82, 2.24) is 0 Å². The van der Waals surface area contributed by atoms with Crippen molar-refractivity contribution < 1.29 is 61.6 Å². The number of carbonyl (C=O) groups is 5. The van der Waals surface area contributed by atoms with Crippen molar-refractivity contribution in [3.63, 3.8) is 0 Å². The minimum Gasteiger partial charge on any atom is -0.480 e. The molecule has 0 amide bonds. The lowest BCUT2D eigenvalue weighted by Gasteiger charge is -2.06. The normalized spacial score (nSPS) is 11.6. The Balaban J connectivity index is 0. The molecule has 0 aliphatic rings. The predicted molar refractivity (Wildman–Crippen MR) is 72.1 cm³/mol. The van der Waals surface area contributed by atoms with Crippen LogP contribution in [0.3, 0.4) is 0 Å². The second-order valence-corrected chi connectivity index (χ2v) is 3.91. The van der Waals surface area contributed by atoms with Crippen LogP contribution < -0.4 is 5.73 Å². The molecule has 0 fully saturated rings. The Morgan fingerprint density at radius 1 is 1.04 bits per heavy atom. The fourth-order valence-electron chi connectivity index (χ4n) is 0.731. The zero-order valence-electron chi connectivity index (χ0n) is 13.0. The van der Waals surface area contributed by atoms with Crippen molar-refractivity contribution in [3.8, 4) is 0 Å². The van der Waals surface area contributed by atoms with E-state index in [0.717, 1.165) is 19.3 Å². The second kappa shape index (κ2) is 12.2. The number of carboxylic acid groups (broad SMARTS) is 2. The number of hydrogen-bond acceptors (Lipinski definition) is 9. The third kappa shape index (κ3) is 14.4. The number of rotatable bonds is 7. The van der Waals surface area contributed by atoms with Crippen molar-refractivity contribution in [1.29, 1.82) is 0 Å². The smallest absolute Gasteiger partial charge is 0.480 e. The first-order valence-electron chi connectivity index (χ1n) is 6.18. The SMILES string of the molecule is COC(=O)/C=C/C(=O)OCOC(=O)CC(N)C(=O)O.O=C(O)C(F)(F)F. The zero-order valence-corrected chi connectivity index (χ0v) is 13.0. The average Bonchev–Trinajstić information content (AvgIpc) is 2.51. The Labute approximate surface area is 143 Å². The summed E-state index contributed by atoms with van der Waals surface area (Å²) in [7, 11) is 1.13. The van der Waals surface area contributed by atoms with E-state index in [9.17, 15) is 32.3 Å². The van der Waals surface area contributed by atoms with Gasteiger partial charge in [-0.3, -0.25) is 9.59 Å². The summed E-state index contributed by atoms with van der Waals surface area (Å²) >= 11 is 0. The number of methoxy groups -OCH3 is 1. The largest absolute Gasteiger partial charge is 0.490 e. The number of alkyl halides is 3. The minimum atomic E-state index is -5.08. The van der Waals surface area contributed by atoms with Gasteiger partial charge in [-0.2, -0.15) is 13.2 Å². The van der Waals surface area contributed by atoms with Crippen LogP contribution in [0.2, 0.25) is 0 Å². The molecule has 1 unspecified atom stereocenters. The first kappa shape index (κ1) is 25.1. The molecular formula is C12H14F3NO10. The number of ether oxygens (including phenoxy) is 3. The summed E-state index contributed by atoms with van der Waals surface area (Å²) < 4.78 is 44.7. The Bertz CT molecular complexity index is 558. The van der Waals surface area contributed by atoms with E-state index in [2.05, 4.69) is 14.2 Å². The van der Waals surface area contributed by atoms with E-state index in [1.807, 2.05) is 0 Å². The lowest BCUT2D eigenvalue weighted by molar-refractivity contribution is -0.192. The van der Waals surface area contributed by atoms with Crippen LogP contribution in [0, 0.1) is 0 Å². The van der Waals surface area contributed by atoms with Crippen molar-refractivity contribution in [2.24, 2.45) is 5.73 Å². The van der Waals surface area contributed by atoms with Gasteiger partial charge in [-0.15, -0.1) is 0 Å². The van der Waals surface area contributed by atoms with Crippen molar-refractivity contribution >= 4 is 29.8 Å². The van der Waals surface area contributed by atoms with Gasteiger partial charge in [0.15, 0.2) is 0 Å². The average molecular weight is 389 g/mol. The zero-order chi connectivity index (χ0) is 20.9. The molecule has 0 bridgehead atoms. The Hall–Kier alpha value is -3.16. The number of carboxylic acids is 2. The van der Waals surface area contributed by atoms with Gasteiger partial charge in [0.25, 0.3) is 0 Å². The quantitative estimate of drug-likeness (QED) is 0.282. The van der Waals surface area contributed by atoms with Gasteiger partial charge in [0.05, 0.1) is 13.5 Å². The van der Waals surface area contributed by atoms with Crippen LogP contribution in [0.1, 0.15) is 6.42 Å². The molecule has 0 aliphatic heterocycles. The molecule has 26 heavy (non-hydrogen) atoms. The lowest BCUT2D eigenvalue weighted by Crippen LogP contribution is -2.33. The van der Waals surface area contributed by atoms with Gasteiger partial charge >= 0.3 is 36.0 Å². The highest BCUT2D eigenvalue weighted by Crippen LogP contribution is 2.13. The summed E-state index contributed by atoms with van der Waals surface area (Å²) in [5.74, 6) is -6.72. The maximum absolute atomic E-state index is 11.0. The van der Waals surface area contributed by atoms with Gasteiger partial charge in [-0.25, -0.2) is 14.4 Å². The van der Waals surface area contributed by atoms with E-state index in [1.165, 1.54) is 0 Å². The molecule has 0 aromatic rings. The summed E-state index contributed by atoms with van der Waals surface area (Å²) in [6.45, 7) is -0.713. The molecule has 11 nitrogen and oxygen atoms in total. The molecule has 0 spiro atoms. The topological polar surface area (TPSA) is 180 Å². The van der Waals surface area contributed by atoms with Crippen LogP contribution in [0.15, 0.2) is 12.2 Å². The molecule has 4 N–H and O–H groups in total. The van der Waals surface area contributed by atoms with Gasteiger partial charge in [0.1, 0.15) is 6.04 Å². The fraction of sp³-hybridized carbons (Fsp3) is 0.417. The van der Waals surface area contributed by atoms with Crippen molar-refractivity contribution in [3.05, 3.63) is 12.2 Å². The van der Waals surface area contributed by atoms with Crippen LogP contribution in [-0.4, -0.2) is 66.2 Å². The molecule has 14 heteroatoms. The van der Waals surface area contributed by atoms with E-state index in [1.54, 1.807) is 0 Å². The van der Waals surface area contributed by atoms with Crippen LogP contribution in [0.4, 0.5) is 13.2 Å². The molecule has 0 aromatic heterocycles. The maximum Gasteiger partial charge on any atom is 0.490 e. The highest BCUT2D eigenvalue weighted by molar-refractivity contribution is 5.91. The summed E-state index contributed by atoms with van der Waals surface area (Å²) in [4.78, 5) is 51.8. The molecule has 0 saturated heterocycles. The number of halogens is 3. The van der Waals surface area contributed by atoms with E-state index in [0.29, 0.717) is 0 Å². The molecule has 148 valence electrons. The summed E-state index contributed by atoms with van der Waals surface area (Å²) in [5, 5.41) is 15.5. The van der Waals surface area contributed by atoms with E-state index < -0.39 is 55.3 Å². The first-order valence-corrected chi connectivity index (χ1v) is 6.18. The second-order valence-electron chi connectivity index (χ2n) is 3.91. The first-order chi connectivity index (χ1) is 11.8. The number of hydrogen-bond donors (Lipinski definition) is 3. The highest BCUT2D eigenvalue weighted by Gasteiger charge is 2.38. The van der Waals surface area contributed by atoms with Gasteiger partial charge in [-0.1, -0.05) is 0 Å². The number of nitrogens with two attached hydrogens (primary N) is 1. The third-order valence-corrected chi connectivity index (χ3v) is 1.92. The summed E-state index contributed by atoms with van der Waals surface area (Å²) in [6, 6.07) is -1.39. The standard InChI is InChI=1S/C10H13NO8.C2HF3O2/c1-17-7(12)2-3-8(13)18-5-19-9(14)4-6(11)10(15)16;3-2(4,5)1(6)7/h2-3,6H,4-5,11H2,1H3,(H,15,16);(H,6,7)/b3-2+;. The molecule has 0 radical (unpaired) electrons. The van der Waals surface area contributed by atoms with E-state index in [4.69, 9.17) is 20.7 Å². The Morgan fingerprint density at radius 3 is 1.88 bits per heavy atom. The Kier molecular flexibility index (Phi) is 11.8. The van der Waals surface area contributed by atoms with Crippen LogP contribution in [0.5, 0.6) is 0 Å². The molecule has 0 rings (SSSR count). The minimum absolute atomic E-state index is 0.551. The fourth-order valence-corrected chi connectivity index (χ4v) is 0.731. The molecular weight excluding hydrogens is 375 g/mol. The highest BCUT2D eigenvalue weighted by atomic mass is 19.4. The monoisotopic (exact) mass is 389 g/mol. The third-order valence-electron chi connectivity index (χ3n) is 1.92. The molecule has 0 aromatic carbocycles. The molecule has 0 heterocycles. The van der Waals surface area contributed by atoms with Crippen LogP contribution >= 0.6 is 0 Å². The van der Waals surface area contributed by atoms with E-state index in [-0.39, 0.29) is 0 Å². The number of esters is 3. The Morgan fingerprint density at radius 2 is 1.50 bits per heavy atom. The summed E-state index contributed by atoms with van der Waals surface area (Å²) in [6.07, 6.45) is -4.03. The predicted octanol–water partition coefficient (Wildman–Crippen LogP) is -0.805. The van der Waals surface area contributed by atoms with Crippen molar-refractivity contribution in [2.45, 2.75) is 18.6 Å². The van der Waals surface area contributed by atoms with Gasteiger partial charge < -0.3 is 30.2 Å². The molecule has 0 aliphatic carbocycles. The van der Waals surface area contributed by atoms with Gasteiger partial charge in [0.2, 0.25) is 6.79 Å². The summed E-state index contributed by atoms with van der Waals surface area (Å²) in [5.41, 5.74) is 5.07. The van der Waals surface area contributed by atoms with Crippen LogP contribution in [-0.2, 0) is 38.2 Å². The van der Waals surface area contributed by atoms with Crippen LogP contribution in [0.25, 0.3) is 0 Å². The lowest BCUT2D eigenvalue weighted by atomic mass is 10.2.